The van der Waals surface area contributed by atoms with Gasteiger partial charge in [0.15, 0.2) is 0 Å². The van der Waals surface area contributed by atoms with Gasteiger partial charge in [0.1, 0.15) is 11.6 Å². The van der Waals surface area contributed by atoms with Crippen LogP contribution in [0.4, 0.5) is 0 Å². The largest absolute Gasteiger partial charge is 0.385 e. The smallest absolute Gasteiger partial charge is 0.246 e. The number of rotatable bonds is 7. The number of nitrogens with zero attached hydrogens (tertiary/aromatic N) is 1. The minimum atomic E-state index is -0.766. The van der Waals surface area contributed by atoms with E-state index in [-0.39, 0.29) is 17.9 Å². The Morgan fingerprint density at radius 1 is 1.30 bits per heavy atom. The Bertz CT molecular complexity index is 353. The van der Waals surface area contributed by atoms with Gasteiger partial charge in [-0.2, -0.15) is 0 Å². The van der Waals surface area contributed by atoms with Crippen molar-refractivity contribution in [3.63, 3.8) is 0 Å². The van der Waals surface area contributed by atoms with Crippen LogP contribution in [0.3, 0.4) is 0 Å². The lowest BCUT2D eigenvalue weighted by Crippen LogP contribution is -2.68. The topological polar surface area (TPSA) is 58.6 Å². The lowest BCUT2D eigenvalue weighted by atomic mass is 9.92. The first-order chi connectivity index (χ1) is 9.30. The van der Waals surface area contributed by atoms with E-state index in [1.807, 2.05) is 13.8 Å². The summed E-state index contributed by atoms with van der Waals surface area (Å²) in [4.78, 5) is 26.5. The molecule has 5 nitrogen and oxygen atoms in total. The zero-order valence-electron chi connectivity index (χ0n) is 13.4. The molecule has 1 N–H and O–H groups in total. The minimum Gasteiger partial charge on any atom is -0.385 e. The van der Waals surface area contributed by atoms with Crippen LogP contribution in [-0.2, 0) is 14.3 Å². The predicted molar refractivity (Wildman–Crippen MR) is 78.3 cm³/mol. The van der Waals surface area contributed by atoms with Crippen LogP contribution >= 0.6 is 0 Å². The van der Waals surface area contributed by atoms with E-state index >= 15 is 0 Å². The van der Waals surface area contributed by atoms with E-state index in [1.54, 1.807) is 12.0 Å². The van der Waals surface area contributed by atoms with E-state index in [0.29, 0.717) is 25.5 Å². The fourth-order valence-electron chi connectivity index (χ4n) is 2.52. The first kappa shape index (κ1) is 17.0. The number of ether oxygens (including phenoxy) is 1. The third-order valence-corrected chi connectivity index (χ3v) is 3.79. The van der Waals surface area contributed by atoms with Gasteiger partial charge in [0.05, 0.1) is 0 Å². The van der Waals surface area contributed by atoms with E-state index in [9.17, 15) is 9.59 Å². The van der Waals surface area contributed by atoms with Crippen LogP contribution in [0.2, 0.25) is 0 Å². The van der Waals surface area contributed by atoms with E-state index in [2.05, 4.69) is 19.2 Å². The molecule has 1 fully saturated rings. The number of carbonyl (C=O) groups excluding carboxylic acids is 2. The number of unbranched alkanes of at least 4 members (excludes halogenated alkanes) is 1. The first-order valence-electron chi connectivity index (χ1n) is 7.42. The van der Waals surface area contributed by atoms with Crippen LogP contribution < -0.4 is 5.32 Å². The summed E-state index contributed by atoms with van der Waals surface area (Å²) in [5.41, 5.74) is -0.766. The normalized spacial score (nSPS) is 22.3. The van der Waals surface area contributed by atoms with Crippen molar-refractivity contribution in [1.29, 1.82) is 0 Å². The summed E-state index contributed by atoms with van der Waals surface area (Å²) in [5, 5.41) is 2.86. The Morgan fingerprint density at radius 2 is 1.95 bits per heavy atom. The maximum Gasteiger partial charge on any atom is 0.246 e. The zero-order chi connectivity index (χ0) is 15.3. The van der Waals surface area contributed by atoms with Crippen LogP contribution in [0.1, 0.15) is 47.0 Å². The van der Waals surface area contributed by atoms with Gasteiger partial charge in [0, 0.05) is 20.3 Å². The van der Waals surface area contributed by atoms with E-state index in [0.717, 1.165) is 12.8 Å². The maximum atomic E-state index is 12.6. The molecule has 1 saturated heterocycles. The molecule has 0 aromatic carbocycles. The SMILES string of the molecule is COCCCCN1C(=O)C(CC(C)C)NC(=O)C1(C)C. The Balaban J connectivity index is 2.74. The van der Waals surface area contributed by atoms with Crippen LogP contribution in [-0.4, -0.2) is 48.6 Å². The zero-order valence-corrected chi connectivity index (χ0v) is 13.4. The molecule has 0 aromatic rings. The highest BCUT2D eigenvalue weighted by Gasteiger charge is 2.45. The van der Waals surface area contributed by atoms with Gasteiger partial charge in [-0.1, -0.05) is 13.8 Å². The van der Waals surface area contributed by atoms with Gasteiger partial charge in [-0.25, -0.2) is 0 Å². The summed E-state index contributed by atoms with van der Waals surface area (Å²) in [5.74, 6) is 0.357. The predicted octanol–water partition coefficient (Wildman–Crippen LogP) is 1.56. The van der Waals surface area contributed by atoms with Crippen molar-refractivity contribution in [2.45, 2.75) is 58.5 Å². The Morgan fingerprint density at radius 3 is 2.50 bits per heavy atom. The van der Waals surface area contributed by atoms with Crippen molar-refractivity contribution in [1.82, 2.24) is 10.2 Å². The Kier molecular flexibility index (Phi) is 5.99. The molecular formula is C15H28N2O3. The fraction of sp³-hybridized carbons (Fsp3) is 0.867. The summed E-state index contributed by atoms with van der Waals surface area (Å²) in [7, 11) is 1.67. The van der Waals surface area contributed by atoms with Crippen LogP contribution in [0.15, 0.2) is 0 Å². The second-order valence-corrected chi connectivity index (χ2v) is 6.40. The molecule has 1 rings (SSSR count). The van der Waals surface area contributed by atoms with E-state index < -0.39 is 5.54 Å². The molecule has 1 aliphatic heterocycles. The maximum absolute atomic E-state index is 12.6. The number of methoxy groups -OCH3 is 1. The average Bonchev–Trinajstić information content (AvgIpc) is 2.35. The van der Waals surface area contributed by atoms with Gasteiger partial charge in [-0.05, 0) is 39.0 Å². The number of carbonyl (C=O) groups is 2. The Labute approximate surface area is 122 Å². The molecule has 2 amide bonds. The third kappa shape index (κ3) is 3.95. The highest BCUT2D eigenvalue weighted by atomic mass is 16.5. The second-order valence-electron chi connectivity index (χ2n) is 6.40. The molecule has 0 aromatic heterocycles. The highest BCUT2D eigenvalue weighted by Crippen LogP contribution is 2.24. The molecule has 20 heavy (non-hydrogen) atoms. The van der Waals surface area contributed by atoms with Crippen LogP contribution in [0.5, 0.6) is 0 Å². The van der Waals surface area contributed by atoms with Crippen molar-refractivity contribution in [3.8, 4) is 0 Å². The summed E-state index contributed by atoms with van der Waals surface area (Å²) < 4.78 is 5.02. The van der Waals surface area contributed by atoms with Crippen molar-refractivity contribution < 1.29 is 14.3 Å². The summed E-state index contributed by atoms with van der Waals surface area (Å²) in [6.07, 6.45) is 2.44. The number of hydrogen-bond acceptors (Lipinski definition) is 3. The van der Waals surface area contributed by atoms with Gasteiger partial charge in [-0.3, -0.25) is 9.59 Å². The van der Waals surface area contributed by atoms with E-state index in [1.165, 1.54) is 0 Å². The molecule has 0 spiro atoms. The van der Waals surface area contributed by atoms with Gasteiger partial charge in [0.25, 0.3) is 0 Å². The standard InChI is InChI=1S/C15H28N2O3/c1-11(2)10-12-13(18)17(8-6-7-9-20-5)15(3,4)14(19)16-12/h11-12H,6-10H2,1-5H3,(H,16,19). The molecular weight excluding hydrogens is 256 g/mol. The lowest BCUT2D eigenvalue weighted by Gasteiger charge is -2.44. The minimum absolute atomic E-state index is 0.0423. The average molecular weight is 284 g/mol. The van der Waals surface area contributed by atoms with Gasteiger partial charge >= 0.3 is 0 Å². The van der Waals surface area contributed by atoms with Crippen LogP contribution in [0.25, 0.3) is 0 Å². The highest BCUT2D eigenvalue weighted by molar-refractivity contribution is 5.99. The molecule has 116 valence electrons. The van der Waals surface area contributed by atoms with Gasteiger partial charge < -0.3 is 15.0 Å². The van der Waals surface area contributed by atoms with Crippen molar-refractivity contribution in [2.24, 2.45) is 5.92 Å². The quantitative estimate of drug-likeness (QED) is 0.722. The summed E-state index contributed by atoms with van der Waals surface area (Å²) in [6, 6.07) is -0.377. The summed E-state index contributed by atoms with van der Waals surface area (Å²) >= 11 is 0. The number of nitrogens with one attached hydrogen (secondary N) is 1. The molecule has 1 atom stereocenters. The fourth-order valence-corrected chi connectivity index (χ4v) is 2.52. The van der Waals surface area contributed by atoms with Crippen molar-refractivity contribution in [3.05, 3.63) is 0 Å². The van der Waals surface area contributed by atoms with E-state index in [4.69, 9.17) is 4.74 Å². The van der Waals surface area contributed by atoms with Gasteiger partial charge in [-0.15, -0.1) is 0 Å². The molecule has 5 heteroatoms. The second kappa shape index (κ2) is 7.07. The summed E-state index contributed by atoms with van der Waals surface area (Å²) in [6.45, 7) is 9.02. The van der Waals surface area contributed by atoms with Gasteiger partial charge in [0.2, 0.25) is 11.8 Å². The molecule has 0 bridgehead atoms. The molecule has 1 heterocycles. The Hall–Kier alpha value is -1.10. The van der Waals surface area contributed by atoms with Crippen molar-refractivity contribution in [2.75, 3.05) is 20.3 Å². The number of amides is 2. The number of hydrogen-bond donors (Lipinski definition) is 1. The molecule has 0 radical (unpaired) electrons. The first-order valence-corrected chi connectivity index (χ1v) is 7.42. The molecule has 1 unspecified atom stereocenters. The lowest BCUT2D eigenvalue weighted by molar-refractivity contribution is -0.155. The van der Waals surface area contributed by atoms with Crippen molar-refractivity contribution >= 4 is 11.8 Å². The molecule has 1 aliphatic rings. The number of piperazine rings is 1. The monoisotopic (exact) mass is 284 g/mol. The van der Waals surface area contributed by atoms with Crippen LogP contribution in [0, 0.1) is 5.92 Å². The molecule has 0 saturated carbocycles. The third-order valence-electron chi connectivity index (χ3n) is 3.79. The molecule has 0 aliphatic carbocycles.